The van der Waals surface area contributed by atoms with Crippen LogP contribution in [-0.2, 0) is 10.2 Å². The maximum atomic E-state index is 13.0. The van der Waals surface area contributed by atoms with Gasteiger partial charge < -0.3 is 10.1 Å². The molecule has 1 aliphatic heterocycles. The molecule has 0 radical (unpaired) electrons. The number of benzene rings is 2. The molecule has 1 N–H and O–H groups in total. The van der Waals surface area contributed by atoms with Crippen molar-refractivity contribution in [3.63, 3.8) is 0 Å². The van der Waals surface area contributed by atoms with Crippen molar-refractivity contribution in [2.24, 2.45) is 0 Å². The number of hydrogen-bond acceptors (Lipinski definition) is 4. The maximum Gasteiger partial charge on any atom is 0.262 e. The maximum absolute atomic E-state index is 13.0. The summed E-state index contributed by atoms with van der Waals surface area (Å²) in [5.41, 5.74) is 2.62. The summed E-state index contributed by atoms with van der Waals surface area (Å²) >= 11 is 7.96. The Hall–Kier alpha value is -1.92. The fourth-order valence-electron chi connectivity index (χ4n) is 3.98. The van der Waals surface area contributed by atoms with Gasteiger partial charge in [0, 0.05) is 29.7 Å². The summed E-state index contributed by atoms with van der Waals surface area (Å²) in [7, 11) is 0. The Balaban J connectivity index is 1.54. The first-order valence-electron chi connectivity index (χ1n) is 10.7. The van der Waals surface area contributed by atoms with Crippen molar-refractivity contribution in [1.29, 1.82) is 0 Å². The highest BCUT2D eigenvalue weighted by atomic mass is 35.5. The van der Waals surface area contributed by atoms with Crippen LogP contribution in [0.2, 0.25) is 5.02 Å². The number of rotatable bonds is 5. The summed E-state index contributed by atoms with van der Waals surface area (Å²) in [5.74, 6) is -0.115. The molecule has 164 valence electrons. The van der Waals surface area contributed by atoms with E-state index >= 15 is 0 Å². The zero-order chi connectivity index (χ0) is 22.0. The van der Waals surface area contributed by atoms with E-state index in [2.05, 4.69) is 55.3 Å². The lowest BCUT2D eigenvalue weighted by Crippen LogP contribution is -2.43. The number of amides is 1. The van der Waals surface area contributed by atoms with Gasteiger partial charge >= 0.3 is 0 Å². The number of thiophene rings is 1. The lowest BCUT2D eigenvalue weighted by molar-refractivity contribution is 0.0162. The number of nitrogens with one attached hydrogen (secondary N) is 1. The first-order valence-corrected chi connectivity index (χ1v) is 11.9. The molecule has 2 heterocycles. The van der Waals surface area contributed by atoms with Crippen molar-refractivity contribution < 1.29 is 9.53 Å². The molecule has 0 unspecified atom stereocenters. The monoisotopic (exact) mass is 456 g/mol. The van der Waals surface area contributed by atoms with Crippen LogP contribution in [0.1, 0.15) is 47.6 Å². The van der Waals surface area contributed by atoms with Crippen molar-refractivity contribution in [3.8, 4) is 0 Å². The predicted molar refractivity (Wildman–Crippen MR) is 129 cm³/mol. The third-order valence-electron chi connectivity index (χ3n) is 5.85. The van der Waals surface area contributed by atoms with E-state index in [-0.39, 0.29) is 17.4 Å². The van der Waals surface area contributed by atoms with Crippen LogP contribution >= 0.6 is 22.9 Å². The topological polar surface area (TPSA) is 41.6 Å². The molecule has 1 amide bonds. The average molecular weight is 457 g/mol. The standard InChI is InChI=1S/C25H29ClN2O2S/c1-25(2,3)18-10-8-17(9-11-18)20(28-12-14-30-15-13-28)16-27-24(29)23-22(26)19-6-4-5-7-21(19)31-23/h4-11,20H,12-16H2,1-3H3,(H,27,29)/t20-/m0/s1. The van der Waals surface area contributed by atoms with Gasteiger partial charge in [0.25, 0.3) is 5.91 Å². The second-order valence-electron chi connectivity index (χ2n) is 8.99. The van der Waals surface area contributed by atoms with E-state index in [9.17, 15) is 4.79 Å². The molecule has 1 saturated heterocycles. The quantitative estimate of drug-likeness (QED) is 0.539. The Morgan fingerprint density at radius 3 is 2.45 bits per heavy atom. The fraction of sp³-hybridized carbons (Fsp3) is 0.400. The number of nitrogens with zero attached hydrogens (tertiary/aromatic N) is 1. The second kappa shape index (κ2) is 9.29. The van der Waals surface area contributed by atoms with Gasteiger partial charge in [-0.1, -0.05) is 74.8 Å². The second-order valence-corrected chi connectivity index (χ2v) is 10.4. The Bertz CT molecular complexity index is 1050. The van der Waals surface area contributed by atoms with E-state index in [0.717, 1.165) is 23.2 Å². The van der Waals surface area contributed by atoms with Crippen LogP contribution in [0, 0.1) is 0 Å². The van der Waals surface area contributed by atoms with E-state index in [1.54, 1.807) is 0 Å². The third-order valence-corrected chi connectivity index (χ3v) is 7.52. The molecule has 1 aliphatic rings. The fourth-order valence-corrected chi connectivity index (χ4v) is 5.42. The molecule has 4 nitrogen and oxygen atoms in total. The van der Waals surface area contributed by atoms with Crippen molar-refractivity contribution >= 4 is 38.9 Å². The van der Waals surface area contributed by atoms with E-state index in [4.69, 9.17) is 16.3 Å². The van der Waals surface area contributed by atoms with E-state index in [1.807, 2.05) is 24.3 Å². The van der Waals surface area contributed by atoms with Crippen molar-refractivity contribution in [1.82, 2.24) is 10.2 Å². The van der Waals surface area contributed by atoms with Gasteiger partial charge in [-0.2, -0.15) is 0 Å². The van der Waals surface area contributed by atoms with E-state index in [1.165, 1.54) is 22.5 Å². The molecule has 6 heteroatoms. The zero-order valence-electron chi connectivity index (χ0n) is 18.3. The summed E-state index contributed by atoms with van der Waals surface area (Å²) in [5, 5.41) is 4.62. The third kappa shape index (κ3) is 4.96. The molecule has 1 atom stereocenters. The van der Waals surface area contributed by atoms with Crippen LogP contribution < -0.4 is 5.32 Å². The summed E-state index contributed by atoms with van der Waals surface area (Å²) in [6.45, 7) is 10.3. The molecule has 4 rings (SSSR count). The molecule has 0 saturated carbocycles. The molecule has 0 bridgehead atoms. The number of hydrogen-bond donors (Lipinski definition) is 1. The van der Waals surface area contributed by atoms with Gasteiger partial charge in [-0.05, 0) is 22.6 Å². The Labute approximate surface area is 193 Å². The minimum absolute atomic E-state index is 0.0926. The average Bonchev–Trinajstić information content (AvgIpc) is 3.11. The number of fused-ring (bicyclic) bond motifs is 1. The zero-order valence-corrected chi connectivity index (χ0v) is 19.9. The van der Waals surface area contributed by atoms with E-state index in [0.29, 0.717) is 29.7 Å². The molecule has 31 heavy (non-hydrogen) atoms. The van der Waals surface area contributed by atoms with Crippen LogP contribution in [0.25, 0.3) is 10.1 Å². The molecule has 1 aromatic heterocycles. The minimum Gasteiger partial charge on any atom is -0.379 e. The van der Waals surface area contributed by atoms with Crippen LogP contribution in [-0.4, -0.2) is 43.7 Å². The SMILES string of the molecule is CC(C)(C)c1ccc([C@H](CNC(=O)c2sc3ccccc3c2Cl)N2CCOCC2)cc1. The van der Waals surface area contributed by atoms with Crippen molar-refractivity contribution in [3.05, 3.63) is 69.6 Å². The Morgan fingerprint density at radius 2 is 1.81 bits per heavy atom. The highest BCUT2D eigenvalue weighted by molar-refractivity contribution is 7.21. The lowest BCUT2D eigenvalue weighted by Gasteiger charge is -2.35. The number of carbonyl (C=O) groups excluding carboxylic acids is 1. The lowest BCUT2D eigenvalue weighted by atomic mass is 9.86. The summed E-state index contributed by atoms with van der Waals surface area (Å²) < 4.78 is 6.58. The van der Waals surface area contributed by atoms with Gasteiger partial charge in [-0.25, -0.2) is 0 Å². The van der Waals surface area contributed by atoms with Crippen LogP contribution in [0.4, 0.5) is 0 Å². The van der Waals surface area contributed by atoms with Crippen LogP contribution in [0.5, 0.6) is 0 Å². The molecule has 2 aromatic carbocycles. The van der Waals surface area contributed by atoms with Gasteiger partial charge in [0.2, 0.25) is 0 Å². The minimum atomic E-state index is -0.115. The molecule has 0 aliphatic carbocycles. The molecule has 0 spiro atoms. The first kappa shape index (κ1) is 22.3. The Kier molecular flexibility index (Phi) is 6.68. The molecular weight excluding hydrogens is 428 g/mol. The van der Waals surface area contributed by atoms with Gasteiger partial charge in [0.05, 0.1) is 24.3 Å². The number of morpholine rings is 1. The van der Waals surface area contributed by atoms with Gasteiger partial charge in [0.1, 0.15) is 4.88 Å². The van der Waals surface area contributed by atoms with Gasteiger partial charge in [-0.15, -0.1) is 11.3 Å². The first-order chi connectivity index (χ1) is 14.8. The smallest absolute Gasteiger partial charge is 0.262 e. The Morgan fingerprint density at radius 1 is 1.13 bits per heavy atom. The van der Waals surface area contributed by atoms with Crippen LogP contribution in [0.15, 0.2) is 48.5 Å². The molecule has 1 fully saturated rings. The molecular formula is C25H29ClN2O2S. The van der Waals surface area contributed by atoms with Gasteiger partial charge in [0.15, 0.2) is 0 Å². The van der Waals surface area contributed by atoms with Gasteiger partial charge in [-0.3, -0.25) is 9.69 Å². The van der Waals surface area contributed by atoms with Crippen LogP contribution in [0.3, 0.4) is 0 Å². The number of carbonyl (C=O) groups is 1. The largest absolute Gasteiger partial charge is 0.379 e. The number of halogens is 1. The molecule has 3 aromatic rings. The highest BCUT2D eigenvalue weighted by Crippen LogP contribution is 2.35. The highest BCUT2D eigenvalue weighted by Gasteiger charge is 2.25. The summed E-state index contributed by atoms with van der Waals surface area (Å²) in [6, 6.07) is 16.7. The van der Waals surface area contributed by atoms with Crippen molar-refractivity contribution in [2.75, 3.05) is 32.8 Å². The predicted octanol–water partition coefficient (Wildman–Crippen LogP) is 5.66. The normalized spacial score (nSPS) is 16.4. The summed E-state index contributed by atoms with van der Waals surface area (Å²) in [6.07, 6.45) is 0. The van der Waals surface area contributed by atoms with Crippen molar-refractivity contribution in [2.45, 2.75) is 32.2 Å². The van der Waals surface area contributed by atoms with E-state index < -0.39 is 0 Å². The summed E-state index contributed by atoms with van der Waals surface area (Å²) in [4.78, 5) is 16.0. The number of ether oxygens (including phenoxy) is 1.